The smallest absolute Gasteiger partial charge is 0.311 e. The minimum Gasteiger partial charge on any atom is -0.490 e. The first-order valence-corrected chi connectivity index (χ1v) is 6.12. The fourth-order valence-electron chi connectivity index (χ4n) is 1.48. The van der Waals surface area contributed by atoms with Gasteiger partial charge in [-0.25, -0.2) is 0 Å². The number of alkyl halides is 1. The summed E-state index contributed by atoms with van der Waals surface area (Å²) in [5, 5.41) is 11.4. The van der Waals surface area contributed by atoms with Crippen molar-refractivity contribution in [2.24, 2.45) is 0 Å². The first-order valence-electron chi connectivity index (χ1n) is 5.00. The zero-order valence-electron chi connectivity index (χ0n) is 9.94. The third-order valence-corrected chi connectivity index (χ3v) is 3.01. The number of nitrogens with zero attached hydrogens (tertiary/aromatic N) is 1. The van der Waals surface area contributed by atoms with Gasteiger partial charge in [-0.3, -0.25) is 14.9 Å². The largest absolute Gasteiger partial charge is 0.490 e. The average molecular weight is 318 g/mol. The molecule has 1 aromatic rings. The van der Waals surface area contributed by atoms with E-state index in [0.717, 1.165) is 5.56 Å². The van der Waals surface area contributed by atoms with Crippen LogP contribution in [-0.4, -0.2) is 25.1 Å². The third-order valence-electron chi connectivity index (χ3n) is 2.40. The number of hydrogen-bond donors (Lipinski definition) is 0. The fraction of sp³-hybridized carbons (Fsp3) is 0.364. The molecule has 6 nitrogen and oxygen atoms in total. The molecule has 0 aliphatic heterocycles. The van der Waals surface area contributed by atoms with Crippen LogP contribution in [0, 0.1) is 10.1 Å². The van der Waals surface area contributed by atoms with Crippen LogP contribution in [0.25, 0.3) is 0 Å². The summed E-state index contributed by atoms with van der Waals surface area (Å²) in [6.45, 7) is 0. The van der Waals surface area contributed by atoms with Gasteiger partial charge in [0.15, 0.2) is 5.75 Å². The molecular weight excluding hydrogens is 306 g/mol. The fourth-order valence-corrected chi connectivity index (χ4v) is 2.00. The molecule has 98 valence electrons. The zero-order chi connectivity index (χ0) is 13.7. The number of halogens is 1. The Morgan fingerprint density at radius 1 is 1.39 bits per heavy atom. The number of carbonyl (C=O) groups is 1. The molecule has 0 saturated carbocycles. The molecule has 0 aromatic heterocycles. The van der Waals surface area contributed by atoms with Crippen LogP contribution in [0.1, 0.15) is 11.1 Å². The molecule has 18 heavy (non-hydrogen) atoms. The zero-order valence-corrected chi connectivity index (χ0v) is 11.5. The molecule has 0 saturated heterocycles. The quantitative estimate of drug-likeness (QED) is 0.360. The minimum atomic E-state index is -0.544. The van der Waals surface area contributed by atoms with E-state index >= 15 is 0 Å². The van der Waals surface area contributed by atoms with E-state index in [1.165, 1.54) is 20.3 Å². The lowest BCUT2D eigenvalue weighted by molar-refractivity contribution is -0.385. The van der Waals surface area contributed by atoms with Crippen molar-refractivity contribution in [2.75, 3.05) is 14.2 Å². The molecule has 0 aliphatic rings. The number of ether oxygens (including phenoxy) is 2. The molecular formula is C11H12BrNO5. The van der Waals surface area contributed by atoms with E-state index in [1.807, 2.05) is 0 Å². The summed E-state index contributed by atoms with van der Waals surface area (Å²) in [5.74, 6) is -0.278. The molecule has 1 aromatic carbocycles. The molecule has 0 atom stereocenters. The van der Waals surface area contributed by atoms with Crippen molar-refractivity contribution in [2.45, 2.75) is 11.8 Å². The molecule has 7 heteroatoms. The molecule has 0 aliphatic carbocycles. The van der Waals surface area contributed by atoms with E-state index in [-0.39, 0.29) is 17.9 Å². The minimum absolute atomic E-state index is 0.0116. The van der Waals surface area contributed by atoms with Crippen molar-refractivity contribution in [3.63, 3.8) is 0 Å². The summed E-state index contributed by atoms with van der Waals surface area (Å²) in [7, 11) is 2.63. The molecule has 0 radical (unpaired) electrons. The van der Waals surface area contributed by atoms with Crippen molar-refractivity contribution in [3.05, 3.63) is 33.4 Å². The van der Waals surface area contributed by atoms with E-state index in [2.05, 4.69) is 20.7 Å². The molecule has 1 rings (SSSR count). The van der Waals surface area contributed by atoms with E-state index in [4.69, 9.17) is 4.74 Å². The van der Waals surface area contributed by atoms with Gasteiger partial charge in [0.1, 0.15) is 0 Å². The van der Waals surface area contributed by atoms with Crippen LogP contribution in [0.15, 0.2) is 12.1 Å². The van der Waals surface area contributed by atoms with E-state index in [9.17, 15) is 14.9 Å². The van der Waals surface area contributed by atoms with Gasteiger partial charge in [0, 0.05) is 11.4 Å². The number of nitro benzene ring substituents is 1. The lowest BCUT2D eigenvalue weighted by atomic mass is 10.0. The second-order valence-corrected chi connectivity index (χ2v) is 4.00. The van der Waals surface area contributed by atoms with Crippen molar-refractivity contribution in [1.29, 1.82) is 0 Å². The Bertz CT molecular complexity index is 475. The van der Waals surface area contributed by atoms with Crippen LogP contribution in [0.4, 0.5) is 5.69 Å². The summed E-state index contributed by atoms with van der Waals surface area (Å²) < 4.78 is 9.51. The molecule has 0 N–H and O–H groups in total. The first-order chi connectivity index (χ1) is 8.53. The average Bonchev–Trinajstić information content (AvgIpc) is 2.37. The predicted molar refractivity (Wildman–Crippen MR) is 68.0 cm³/mol. The monoisotopic (exact) mass is 317 g/mol. The van der Waals surface area contributed by atoms with Crippen molar-refractivity contribution in [1.82, 2.24) is 0 Å². The number of nitro groups is 1. The second-order valence-electron chi connectivity index (χ2n) is 3.44. The molecule has 0 amide bonds. The maximum atomic E-state index is 11.2. The topological polar surface area (TPSA) is 78.7 Å². The summed E-state index contributed by atoms with van der Waals surface area (Å²) >= 11 is 3.27. The van der Waals surface area contributed by atoms with Crippen LogP contribution >= 0.6 is 15.9 Å². The number of benzene rings is 1. The third kappa shape index (κ3) is 3.19. The summed E-state index contributed by atoms with van der Waals surface area (Å²) in [6, 6.07) is 2.89. The molecule has 0 spiro atoms. The van der Waals surface area contributed by atoms with E-state index in [0.29, 0.717) is 10.9 Å². The molecule has 0 unspecified atom stereocenters. The van der Waals surface area contributed by atoms with Gasteiger partial charge in [0.05, 0.1) is 25.6 Å². The maximum absolute atomic E-state index is 11.2. The Balaban J connectivity index is 3.27. The normalized spacial score (nSPS) is 9.94. The Morgan fingerprint density at radius 2 is 2.06 bits per heavy atom. The van der Waals surface area contributed by atoms with Gasteiger partial charge in [-0.15, -0.1) is 0 Å². The van der Waals surface area contributed by atoms with Crippen LogP contribution in [0.5, 0.6) is 5.75 Å². The SMILES string of the molecule is COC(=O)Cc1cc([N+](=O)[O-])c(OC)cc1CBr. The number of hydrogen-bond acceptors (Lipinski definition) is 5. The van der Waals surface area contributed by atoms with Crippen molar-refractivity contribution in [3.8, 4) is 5.75 Å². The maximum Gasteiger partial charge on any atom is 0.311 e. The highest BCUT2D eigenvalue weighted by molar-refractivity contribution is 9.08. The van der Waals surface area contributed by atoms with Gasteiger partial charge in [0.2, 0.25) is 0 Å². The van der Waals surface area contributed by atoms with Gasteiger partial charge in [0.25, 0.3) is 0 Å². The highest BCUT2D eigenvalue weighted by Crippen LogP contribution is 2.31. The van der Waals surface area contributed by atoms with E-state index in [1.54, 1.807) is 6.07 Å². The molecule has 0 heterocycles. The van der Waals surface area contributed by atoms with Crippen molar-refractivity contribution >= 4 is 27.6 Å². The van der Waals surface area contributed by atoms with Gasteiger partial charge in [-0.05, 0) is 17.2 Å². The Hall–Kier alpha value is -1.63. The highest BCUT2D eigenvalue weighted by atomic mass is 79.9. The summed E-state index contributed by atoms with van der Waals surface area (Å²) in [5.41, 5.74) is 1.13. The number of rotatable bonds is 5. The lowest BCUT2D eigenvalue weighted by Crippen LogP contribution is -2.07. The predicted octanol–water partition coefficient (Wildman–Crippen LogP) is 2.21. The van der Waals surface area contributed by atoms with Crippen molar-refractivity contribution < 1.29 is 19.2 Å². The van der Waals surface area contributed by atoms with Gasteiger partial charge < -0.3 is 9.47 Å². The number of methoxy groups -OCH3 is 2. The van der Waals surface area contributed by atoms with Crippen LogP contribution in [0.3, 0.4) is 0 Å². The number of esters is 1. The van der Waals surface area contributed by atoms with Gasteiger partial charge in [-0.1, -0.05) is 15.9 Å². The Labute approximate surface area is 112 Å². The van der Waals surface area contributed by atoms with Crippen LogP contribution < -0.4 is 4.74 Å². The molecule has 0 fully saturated rings. The van der Waals surface area contributed by atoms with Crippen LogP contribution in [-0.2, 0) is 21.3 Å². The van der Waals surface area contributed by atoms with E-state index < -0.39 is 10.9 Å². The summed E-state index contributed by atoms with van der Waals surface area (Å²) in [4.78, 5) is 21.6. The molecule has 0 bridgehead atoms. The Morgan fingerprint density at radius 3 is 2.50 bits per heavy atom. The standard InChI is InChI=1S/C11H12BrNO5/c1-17-10-4-8(6-12)7(5-11(14)18-2)3-9(10)13(15)16/h3-4H,5-6H2,1-2H3. The second kappa shape index (κ2) is 6.34. The first kappa shape index (κ1) is 14.4. The Kier molecular flexibility index (Phi) is 5.08. The van der Waals surface area contributed by atoms with Crippen LogP contribution in [0.2, 0.25) is 0 Å². The highest BCUT2D eigenvalue weighted by Gasteiger charge is 2.20. The lowest BCUT2D eigenvalue weighted by Gasteiger charge is -2.09. The van der Waals surface area contributed by atoms with Gasteiger partial charge in [-0.2, -0.15) is 0 Å². The number of carbonyl (C=O) groups excluding carboxylic acids is 1. The van der Waals surface area contributed by atoms with Gasteiger partial charge >= 0.3 is 11.7 Å². The summed E-state index contributed by atoms with van der Waals surface area (Å²) in [6.07, 6.45) is -0.0116.